The molecule has 0 aliphatic heterocycles. The van der Waals surface area contributed by atoms with E-state index in [0.29, 0.717) is 0 Å². The van der Waals surface area contributed by atoms with Gasteiger partial charge in [0, 0.05) is 43.3 Å². The largest absolute Gasteiger partial charge is 0.497 e. The molecule has 0 fully saturated rings. The second-order valence-electron chi connectivity index (χ2n) is 6.69. The summed E-state index contributed by atoms with van der Waals surface area (Å²) in [6, 6.07) is 35.4. The first-order chi connectivity index (χ1) is 15.8. The molecule has 0 atom stereocenters. The minimum atomic E-state index is 0. The minimum Gasteiger partial charge on any atom is -0.497 e. The van der Waals surface area contributed by atoms with Crippen LogP contribution >= 0.6 is 0 Å². The van der Waals surface area contributed by atoms with Gasteiger partial charge in [0.05, 0.1) is 14.2 Å². The summed E-state index contributed by atoms with van der Waals surface area (Å²) < 4.78 is 10.2. The number of rotatable bonds is 2. The van der Waals surface area contributed by atoms with Crippen LogP contribution in [-0.4, -0.2) is 14.2 Å². The molecule has 2 nitrogen and oxygen atoms in total. The van der Waals surface area contributed by atoms with Crippen molar-refractivity contribution in [1.82, 2.24) is 0 Å². The Morgan fingerprint density at radius 1 is 0.394 bits per heavy atom. The molecule has 0 N–H and O–H groups in total. The molecule has 0 amide bonds. The Kier molecular flexibility index (Phi) is 11.1. The van der Waals surface area contributed by atoms with Gasteiger partial charge < -0.3 is 9.47 Å². The molecule has 0 spiro atoms. The molecule has 0 radical (unpaired) electrons. The van der Waals surface area contributed by atoms with Crippen molar-refractivity contribution in [3.63, 3.8) is 0 Å². The van der Waals surface area contributed by atoms with Gasteiger partial charge in [-0.15, -0.1) is 0 Å². The van der Waals surface area contributed by atoms with Gasteiger partial charge >= 0.3 is 0 Å². The van der Waals surface area contributed by atoms with Gasteiger partial charge in [-0.3, -0.25) is 0 Å². The molecule has 0 bridgehead atoms. The van der Waals surface area contributed by atoms with Crippen molar-refractivity contribution in [2.24, 2.45) is 0 Å². The Hall–Kier alpha value is -3.71. The topological polar surface area (TPSA) is 18.5 Å². The Morgan fingerprint density at radius 2 is 0.667 bits per heavy atom. The molecule has 0 heterocycles. The molecular formula is C30H24O2Pt. The predicted octanol–water partition coefficient (Wildman–Crippen LogP) is 6.19. The molecule has 33 heavy (non-hydrogen) atoms. The van der Waals surface area contributed by atoms with Crippen LogP contribution in [0.1, 0.15) is 22.3 Å². The summed E-state index contributed by atoms with van der Waals surface area (Å²) in [7, 11) is 3.31. The SMILES string of the molecule is COc1ccc(C#Cc2ccccc2)cc1.COc1ccc(C#Cc2ccccc2)cc1.[Pt]. The zero-order valence-corrected chi connectivity index (χ0v) is 20.8. The molecule has 0 unspecified atom stereocenters. The van der Waals surface area contributed by atoms with Gasteiger partial charge in [-0.05, 0) is 72.8 Å². The van der Waals surface area contributed by atoms with Crippen LogP contribution in [0.3, 0.4) is 0 Å². The first-order valence-corrected chi connectivity index (χ1v) is 10.2. The molecule has 4 aromatic rings. The quantitative estimate of drug-likeness (QED) is 0.252. The summed E-state index contributed by atoms with van der Waals surface area (Å²) in [6.07, 6.45) is 0. The van der Waals surface area contributed by atoms with E-state index in [1.807, 2.05) is 109 Å². The van der Waals surface area contributed by atoms with E-state index < -0.39 is 0 Å². The van der Waals surface area contributed by atoms with Crippen LogP contribution in [0.4, 0.5) is 0 Å². The van der Waals surface area contributed by atoms with E-state index in [0.717, 1.165) is 33.8 Å². The molecule has 166 valence electrons. The fraction of sp³-hybridized carbons (Fsp3) is 0.0667. The summed E-state index contributed by atoms with van der Waals surface area (Å²) in [4.78, 5) is 0. The molecule has 0 saturated carbocycles. The Morgan fingerprint density at radius 3 is 0.939 bits per heavy atom. The Labute approximate surface area is 210 Å². The van der Waals surface area contributed by atoms with Crippen LogP contribution < -0.4 is 9.47 Å². The first kappa shape index (κ1) is 25.5. The van der Waals surface area contributed by atoms with Gasteiger partial charge in [-0.2, -0.15) is 0 Å². The van der Waals surface area contributed by atoms with Gasteiger partial charge in [0.1, 0.15) is 11.5 Å². The van der Waals surface area contributed by atoms with Gasteiger partial charge in [-0.1, -0.05) is 60.1 Å². The van der Waals surface area contributed by atoms with Crippen molar-refractivity contribution in [3.05, 3.63) is 131 Å². The summed E-state index contributed by atoms with van der Waals surface area (Å²) in [5, 5.41) is 0. The van der Waals surface area contributed by atoms with E-state index >= 15 is 0 Å². The second kappa shape index (κ2) is 14.4. The molecule has 0 aliphatic rings. The monoisotopic (exact) mass is 611 g/mol. The van der Waals surface area contributed by atoms with Crippen molar-refractivity contribution >= 4 is 0 Å². The number of hydrogen-bond donors (Lipinski definition) is 0. The number of hydrogen-bond acceptors (Lipinski definition) is 2. The maximum absolute atomic E-state index is 5.08. The van der Waals surface area contributed by atoms with E-state index in [9.17, 15) is 0 Å². The first-order valence-electron chi connectivity index (χ1n) is 10.2. The average molecular weight is 612 g/mol. The minimum absolute atomic E-state index is 0. The van der Waals surface area contributed by atoms with E-state index in [4.69, 9.17) is 9.47 Å². The van der Waals surface area contributed by atoms with Crippen LogP contribution in [-0.2, 0) is 21.1 Å². The van der Waals surface area contributed by atoms with Crippen LogP contribution in [0.15, 0.2) is 109 Å². The number of methoxy groups -OCH3 is 2. The van der Waals surface area contributed by atoms with E-state index in [1.165, 1.54) is 0 Å². The third-order valence-corrected chi connectivity index (χ3v) is 4.43. The van der Waals surface area contributed by atoms with Crippen LogP contribution in [0.25, 0.3) is 0 Å². The van der Waals surface area contributed by atoms with Crippen molar-refractivity contribution in [3.8, 4) is 35.2 Å². The third kappa shape index (κ3) is 9.12. The van der Waals surface area contributed by atoms with Gasteiger partial charge in [0.15, 0.2) is 0 Å². The molecule has 0 saturated heterocycles. The number of benzene rings is 4. The summed E-state index contributed by atoms with van der Waals surface area (Å²) in [5.74, 6) is 14.1. The zero-order valence-electron chi connectivity index (χ0n) is 18.5. The molecule has 3 heteroatoms. The predicted molar refractivity (Wildman–Crippen MR) is 131 cm³/mol. The average Bonchev–Trinajstić information content (AvgIpc) is 2.88. The van der Waals surface area contributed by atoms with E-state index in [-0.39, 0.29) is 21.1 Å². The third-order valence-electron chi connectivity index (χ3n) is 4.43. The van der Waals surface area contributed by atoms with Crippen molar-refractivity contribution in [1.29, 1.82) is 0 Å². The Bertz CT molecular complexity index is 1110. The fourth-order valence-corrected chi connectivity index (χ4v) is 2.68. The van der Waals surface area contributed by atoms with Gasteiger partial charge in [0.2, 0.25) is 0 Å². The van der Waals surface area contributed by atoms with Crippen molar-refractivity contribution in [2.75, 3.05) is 14.2 Å². The molecular weight excluding hydrogens is 587 g/mol. The molecule has 0 aromatic heterocycles. The smallest absolute Gasteiger partial charge is 0.118 e. The number of ether oxygens (including phenoxy) is 2. The zero-order chi connectivity index (χ0) is 22.4. The van der Waals surface area contributed by atoms with Crippen LogP contribution in [0.5, 0.6) is 11.5 Å². The van der Waals surface area contributed by atoms with E-state index in [2.05, 4.69) is 23.7 Å². The van der Waals surface area contributed by atoms with Crippen molar-refractivity contribution < 1.29 is 30.5 Å². The summed E-state index contributed by atoms with van der Waals surface area (Å²) in [6.45, 7) is 0. The summed E-state index contributed by atoms with van der Waals surface area (Å²) in [5.41, 5.74) is 4.03. The molecule has 4 rings (SSSR count). The van der Waals surface area contributed by atoms with Gasteiger partial charge in [-0.25, -0.2) is 0 Å². The molecule has 4 aromatic carbocycles. The van der Waals surface area contributed by atoms with Gasteiger partial charge in [0.25, 0.3) is 0 Å². The molecule has 0 aliphatic carbocycles. The van der Waals surface area contributed by atoms with Crippen molar-refractivity contribution in [2.45, 2.75) is 0 Å². The maximum atomic E-state index is 5.08. The van der Waals surface area contributed by atoms with Crippen LogP contribution in [0, 0.1) is 23.7 Å². The summed E-state index contributed by atoms with van der Waals surface area (Å²) >= 11 is 0. The normalized spacial score (nSPS) is 8.79. The fourth-order valence-electron chi connectivity index (χ4n) is 2.68. The Balaban J connectivity index is 0.000000227. The second-order valence-corrected chi connectivity index (χ2v) is 6.69. The van der Waals surface area contributed by atoms with E-state index in [1.54, 1.807) is 14.2 Å². The standard InChI is InChI=1S/2C15H12O.Pt/c2*1-16-15-11-9-14(10-12-15)8-7-13-5-3-2-4-6-13;/h2*2-6,9-12H,1H3;. The van der Waals surface area contributed by atoms with Crippen LogP contribution in [0.2, 0.25) is 0 Å². The maximum Gasteiger partial charge on any atom is 0.118 e.